The van der Waals surface area contributed by atoms with Crippen LogP contribution in [0.3, 0.4) is 0 Å². The summed E-state index contributed by atoms with van der Waals surface area (Å²) in [6.45, 7) is 3.68. The molecule has 28 heavy (non-hydrogen) atoms. The van der Waals surface area contributed by atoms with Crippen molar-refractivity contribution in [3.63, 3.8) is 0 Å². The number of rotatable bonds is 3. The number of anilines is 1. The van der Waals surface area contributed by atoms with Gasteiger partial charge in [-0.3, -0.25) is 9.69 Å². The fraction of sp³-hybridized carbons (Fsp3) is 0.238. The fourth-order valence-corrected chi connectivity index (χ4v) is 3.70. The van der Waals surface area contributed by atoms with Gasteiger partial charge in [-0.1, -0.05) is 18.2 Å². The van der Waals surface area contributed by atoms with Crippen molar-refractivity contribution >= 4 is 28.9 Å². The van der Waals surface area contributed by atoms with Crippen LogP contribution in [0, 0.1) is 18.6 Å². The number of thiocarbonyl (C=S) groups is 1. The van der Waals surface area contributed by atoms with Crippen LogP contribution in [0.25, 0.3) is 0 Å². The predicted octanol–water partition coefficient (Wildman–Crippen LogP) is 4.07. The number of likely N-dealkylation sites (N-methyl/N-ethyl adjacent to an activating group) is 1. The SMILES string of the molecule is CC1=C(C(=O)N(C)C)C(c2c(F)cccc2F)NC(=S)N1c1cccc(C)c1. The molecule has 1 heterocycles. The van der Waals surface area contributed by atoms with Crippen LogP contribution in [-0.2, 0) is 4.79 Å². The van der Waals surface area contributed by atoms with Crippen molar-refractivity contribution in [1.29, 1.82) is 0 Å². The van der Waals surface area contributed by atoms with Gasteiger partial charge in [-0.15, -0.1) is 0 Å². The molecule has 0 saturated carbocycles. The normalized spacial score (nSPS) is 16.9. The number of benzene rings is 2. The molecule has 0 saturated heterocycles. The van der Waals surface area contributed by atoms with Crippen LogP contribution in [0.5, 0.6) is 0 Å². The molecule has 1 aliphatic heterocycles. The summed E-state index contributed by atoms with van der Waals surface area (Å²) >= 11 is 5.51. The molecule has 1 aliphatic rings. The number of amides is 1. The van der Waals surface area contributed by atoms with Crippen molar-refractivity contribution in [3.05, 3.63) is 76.5 Å². The van der Waals surface area contributed by atoms with Crippen LogP contribution >= 0.6 is 12.2 Å². The zero-order chi connectivity index (χ0) is 20.6. The maximum atomic E-state index is 14.5. The van der Waals surface area contributed by atoms with Crippen LogP contribution < -0.4 is 10.2 Å². The van der Waals surface area contributed by atoms with E-state index in [9.17, 15) is 13.6 Å². The van der Waals surface area contributed by atoms with E-state index in [1.165, 1.54) is 23.1 Å². The van der Waals surface area contributed by atoms with Crippen LogP contribution in [-0.4, -0.2) is 30.0 Å². The molecule has 0 fully saturated rings. The molecule has 1 N–H and O–H groups in total. The third-order valence-corrected chi connectivity index (χ3v) is 4.97. The molecule has 0 spiro atoms. The number of aryl methyl sites for hydroxylation is 1. The Bertz CT molecular complexity index is 967. The predicted molar refractivity (Wildman–Crippen MR) is 110 cm³/mol. The summed E-state index contributed by atoms with van der Waals surface area (Å²) in [7, 11) is 3.20. The first-order chi connectivity index (χ1) is 13.2. The first-order valence-corrected chi connectivity index (χ1v) is 9.16. The Kier molecular flexibility index (Phi) is 5.47. The average Bonchev–Trinajstić information content (AvgIpc) is 2.61. The summed E-state index contributed by atoms with van der Waals surface area (Å²) in [4.78, 5) is 16.1. The number of halogens is 2. The maximum absolute atomic E-state index is 14.5. The maximum Gasteiger partial charge on any atom is 0.253 e. The molecule has 0 radical (unpaired) electrons. The minimum atomic E-state index is -1.02. The Labute approximate surface area is 168 Å². The number of hydrogen-bond donors (Lipinski definition) is 1. The van der Waals surface area contributed by atoms with E-state index in [0.29, 0.717) is 5.70 Å². The molecule has 3 rings (SSSR count). The van der Waals surface area contributed by atoms with Gasteiger partial charge in [0.1, 0.15) is 11.6 Å². The van der Waals surface area contributed by atoms with Crippen molar-refractivity contribution in [2.45, 2.75) is 19.9 Å². The van der Waals surface area contributed by atoms with Crippen LogP contribution in [0.4, 0.5) is 14.5 Å². The molecule has 146 valence electrons. The lowest BCUT2D eigenvalue weighted by atomic mass is 9.93. The number of carbonyl (C=O) groups is 1. The van der Waals surface area contributed by atoms with Crippen molar-refractivity contribution in [1.82, 2.24) is 10.2 Å². The van der Waals surface area contributed by atoms with E-state index in [0.717, 1.165) is 11.3 Å². The number of hydrogen-bond acceptors (Lipinski definition) is 2. The van der Waals surface area contributed by atoms with E-state index in [-0.39, 0.29) is 22.2 Å². The summed E-state index contributed by atoms with van der Waals surface area (Å²) in [5, 5.41) is 3.24. The lowest BCUT2D eigenvalue weighted by Gasteiger charge is -2.38. The monoisotopic (exact) mass is 401 g/mol. The minimum Gasteiger partial charge on any atom is -0.351 e. The zero-order valence-electron chi connectivity index (χ0n) is 16.1. The Balaban J connectivity index is 2.23. The first-order valence-electron chi connectivity index (χ1n) is 8.76. The van der Waals surface area contributed by atoms with Crippen LogP contribution in [0.1, 0.15) is 24.1 Å². The molecule has 2 aromatic rings. The lowest BCUT2D eigenvalue weighted by molar-refractivity contribution is -0.125. The van der Waals surface area contributed by atoms with Gasteiger partial charge in [-0.25, -0.2) is 8.78 Å². The highest BCUT2D eigenvalue weighted by Gasteiger charge is 2.37. The number of carbonyl (C=O) groups excluding carboxylic acids is 1. The molecule has 0 bridgehead atoms. The lowest BCUT2D eigenvalue weighted by Crippen LogP contribution is -2.49. The Hall–Kier alpha value is -2.80. The summed E-state index contributed by atoms with van der Waals surface area (Å²) in [5.41, 5.74) is 2.34. The Morgan fingerprint density at radius 1 is 1.11 bits per heavy atom. The minimum absolute atomic E-state index is 0.224. The molecule has 4 nitrogen and oxygen atoms in total. The molecule has 0 aliphatic carbocycles. The van der Waals surface area contributed by atoms with E-state index >= 15 is 0 Å². The molecular formula is C21H21F2N3OS. The Morgan fingerprint density at radius 2 is 1.71 bits per heavy atom. The van der Waals surface area contributed by atoms with Crippen LogP contribution in [0.15, 0.2) is 53.7 Å². The second-order valence-corrected chi connectivity index (χ2v) is 7.28. The first kappa shape index (κ1) is 19.9. The van der Waals surface area contributed by atoms with E-state index in [2.05, 4.69) is 5.32 Å². The van der Waals surface area contributed by atoms with E-state index in [4.69, 9.17) is 12.2 Å². The van der Waals surface area contributed by atoms with Gasteiger partial charge in [0.15, 0.2) is 5.11 Å². The number of allylic oxidation sites excluding steroid dienone is 1. The van der Waals surface area contributed by atoms with Crippen molar-refractivity contribution in [2.24, 2.45) is 0 Å². The van der Waals surface area contributed by atoms with Gasteiger partial charge < -0.3 is 10.2 Å². The molecule has 2 aromatic carbocycles. The van der Waals surface area contributed by atoms with Gasteiger partial charge in [0.2, 0.25) is 0 Å². The van der Waals surface area contributed by atoms with Crippen molar-refractivity contribution in [3.8, 4) is 0 Å². The summed E-state index contributed by atoms with van der Waals surface area (Å²) in [5.74, 6) is -1.82. The largest absolute Gasteiger partial charge is 0.351 e. The van der Waals surface area contributed by atoms with Crippen molar-refractivity contribution in [2.75, 3.05) is 19.0 Å². The van der Waals surface area contributed by atoms with E-state index < -0.39 is 17.7 Å². The van der Waals surface area contributed by atoms with Gasteiger partial charge in [-0.2, -0.15) is 0 Å². The topological polar surface area (TPSA) is 35.6 Å². The molecule has 1 atom stereocenters. The summed E-state index contributed by atoms with van der Waals surface area (Å²) < 4.78 is 29.0. The third-order valence-electron chi connectivity index (χ3n) is 4.67. The average molecular weight is 401 g/mol. The second-order valence-electron chi connectivity index (χ2n) is 6.89. The smallest absolute Gasteiger partial charge is 0.253 e. The van der Waals surface area contributed by atoms with Gasteiger partial charge in [0.05, 0.1) is 17.2 Å². The molecule has 0 aromatic heterocycles. The standard InChI is InChI=1S/C21H21F2N3OS/c1-12-7-5-8-14(11-12)26-13(2)17(20(27)25(3)4)19(24-21(26)28)18-15(22)9-6-10-16(18)23/h5-11,19H,1-4H3,(H,24,28). The zero-order valence-corrected chi connectivity index (χ0v) is 16.9. The van der Waals surface area contributed by atoms with Gasteiger partial charge in [0.25, 0.3) is 5.91 Å². The molecule has 7 heteroatoms. The quantitative estimate of drug-likeness (QED) is 0.787. The molecule has 1 amide bonds. The van der Waals surface area contributed by atoms with Gasteiger partial charge >= 0.3 is 0 Å². The number of nitrogens with zero attached hydrogens (tertiary/aromatic N) is 2. The van der Waals surface area contributed by atoms with Crippen LogP contribution in [0.2, 0.25) is 0 Å². The van der Waals surface area contributed by atoms with E-state index in [1.54, 1.807) is 25.9 Å². The summed E-state index contributed by atoms with van der Waals surface area (Å²) in [6, 6.07) is 10.2. The number of nitrogens with one attached hydrogen (secondary N) is 1. The highest BCUT2D eigenvalue weighted by Crippen LogP contribution is 2.36. The Morgan fingerprint density at radius 3 is 2.29 bits per heavy atom. The van der Waals surface area contributed by atoms with Gasteiger partial charge in [0, 0.05) is 25.5 Å². The van der Waals surface area contributed by atoms with Crippen molar-refractivity contribution < 1.29 is 13.6 Å². The highest BCUT2D eigenvalue weighted by molar-refractivity contribution is 7.80. The third kappa shape index (κ3) is 3.49. The van der Waals surface area contributed by atoms with E-state index in [1.807, 2.05) is 31.2 Å². The van der Waals surface area contributed by atoms with Gasteiger partial charge in [-0.05, 0) is 55.9 Å². The molecule has 1 unspecified atom stereocenters. The highest BCUT2D eigenvalue weighted by atomic mass is 32.1. The fourth-order valence-electron chi connectivity index (χ4n) is 3.34. The second kappa shape index (κ2) is 7.67. The molecular weight excluding hydrogens is 380 g/mol. The summed E-state index contributed by atoms with van der Waals surface area (Å²) in [6.07, 6.45) is 0.